The Balaban J connectivity index is 1.61. The van der Waals surface area contributed by atoms with E-state index in [-0.39, 0.29) is 24.0 Å². The number of primary amides is 1. The molecule has 1 aromatic heterocycles. The number of thioether (sulfide) groups is 1. The smallest absolute Gasteiger partial charge is 0.233 e. The third-order valence-electron chi connectivity index (χ3n) is 4.92. The van der Waals surface area contributed by atoms with Crippen molar-refractivity contribution in [3.8, 4) is 11.5 Å². The van der Waals surface area contributed by atoms with Crippen LogP contribution in [0.5, 0.6) is 11.5 Å². The summed E-state index contributed by atoms with van der Waals surface area (Å²) in [5, 5.41) is 8.83. The van der Waals surface area contributed by atoms with E-state index < -0.39 is 0 Å². The number of fused-ring (bicyclic) bond motifs is 1. The number of hydrogen-bond acceptors (Lipinski definition) is 7. The van der Waals surface area contributed by atoms with Gasteiger partial charge >= 0.3 is 0 Å². The fourth-order valence-corrected chi connectivity index (χ4v) is 4.07. The van der Waals surface area contributed by atoms with Crippen molar-refractivity contribution >= 4 is 23.6 Å². The number of ether oxygens (including phenoxy) is 2. The molecule has 2 aromatic rings. The van der Waals surface area contributed by atoms with Gasteiger partial charge in [-0.3, -0.25) is 9.59 Å². The number of aryl methyl sites for hydroxylation is 1. The Labute approximate surface area is 173 Å². The standard InChI is InChI=1S/C19H25N5O4S/c1-23-17(5-4-16(20)25)21-22-19(23)29-11-18(26)24-7-6-12-8-14(27-2)15(28-3)9-13(12)10-24/h8-9H,4-7,10-11H2,1-3H3,(H2,20,25). The number of nitrogens with two attached hydrogens (primary N) is 1. The zero-order valence-corrected chi connectivity index (χ0v) is 17.6. The highest BCUT2D eigenvalue weighted by atomic mass is 32.2. The first kappa shape index (κ1) is 21.0. The molecule has 29 heavy (non-hydrogen) atoms. The van der Waals surface area contributed by atoms with Gasteiger partial charge in [-0.05, 0) is 29.7 Å². The fraction of sp³-hybridized carbons (Fsp3) is 0.474. The summed E-state index contributed by atoms with van der Waals surface area (Å²) in [5.74, 6) is 1.97. The van der Waals surface area contributed by atoms with Crippen molar-refractivity contribution in [1.82, 2.24) is 19.7 Å². The normalized spacial score (nSPS) is 13.1. The van der Waals surface area contributed by atoms with Crippen molar-refractivity contribution in [3.05, 3.63) is 29.1 Å². The molecule has 0 unspecified atom stereocenters. The molecule has 2 heterocycles. The van der Waals surface area contributed by atoms with Gasteiger partial charge in [0, 0.05) is 33.0 Å². The number of rotatable bonds is 8. The van der Waals surface area contributed by atoms with Crippen LogP contribution in [0, 0.1) is 0 Å². The average Bonchev–Trinajstić information content (AvgIpc) is 3.08. The molecule has 156 valence electrons. The number of benzene rings is 1. The molecular formula is C19H25N5O4S. The molecule has 0 fully saturated rings. The first-order valence-corrected chi connectivity index (χ1v) is 10.2. The Kier molecular flexibility index (Phi) is 6.63. The van der Waals surface area contributed by atoms with E-state index in [2.05, 4.69) is 10.2 Å². The number of amides is 2. The van der Waals surface area contributed by atoms with Crippen molar-refractivity contribution in [3.63, 3.8) is 0 Å². The SMILES string of the molecule is COc1cc2c(cc1OC)CN(C(=O)CSc1nnc(CCC(N)=O)n1C)CC2. The Hall–Kier alpha value is -2.75. The van der Waals surface area contributed by atoms with Gasteiger partial charge in [0.25, 0.3) is 0 Å². The summed E-state index contributed by atoms with van der Waals surface area (Å²) in [5.41, 5.74) is 7.42. The summed E-state index contributed by atoms with van der Waals surface area (Å²) >= 11 is 1.34. The van der Waals surface area contributed by atoms with E-state index in [1.165, 1.54) is 17.3 Å². The number of hydrogen-bond donors (Lipinski definition) is 1. The Morgan fingerprint density at radius 1 is 1.17 bits per heavy atom. The maximum absolute atomic E-state index is 12.7. The van der Waals surface area contributed by atoms with Crippen LogP contribution in [0.1, 0.15) is 23.4 Å². The van der Waals surface area contributed by atoms with E-state index in [4.69, 9.17) is 15.2 Å². The molecule has 1 aliphatic heterocycles. The molecule has 10 heteroatoms. The third-order valence-corrected chi connectivity index (χ3v) is 5.92. The maximum atomic E-state index is 12.7. The lowest BCUT2D eigenvalue weighted by atomic mass is 9.99. The second-order valence-corrected chi connectivity index (χ2v) is 7.70. The molecule has 0 spiro atoms. The summed E-state index contributed by atoms with van der Waals surface area (Å²) < 4.78 is 12.5. The van der Waals surface area contributed by atoms with E-state index in [9.17, 15) is 9.59 Å². The van der Waals surface area contributed by atoms with Crippen LogP contribution < -0.4 is 15.2 Å². The van der Waals surface area contributed by atoms with Gasteiger partial charge in [0.1, 0.15) is 5.82 Å². The quantitative estimate of drug-likeness (QED) is 0.633. The van der Waals surface area contributed by atoms with E-state index in [0.717, 1.165) is 12.0 Å². The Bertz CT molecular complexity index is 914. The van der Waals surface area contributed by atoms with E-state index in [1.807, 2.05) is 24.1 Å². The molecule has 0 radical (unpaired) electrons. The minimum atomic E-state index is -0.378. The number of carbonyl (C=O) groups excluding carboxylic acids is 2. The van der Waals surface area contributed by atoms with Crippen molar-refractivity contribution in [2.45, 2.75) is 31.0 Å². The minimum absolute atomic E-state index is 0.0390. The second kappa shape index (κ2) is 9.17. The molecule has 1 aliphatic rings. The van der Waals surface area contributed by atoms with Crippen LogP contribution in [0.2, 0.25) is 0 Å². The summed E-state index contributed by atoms with van der Waals surface area (Å²) in [4.78, 5) is 25.5. The highest BCUT2D eigenvalue weighted by Gasteiger charge is 2.23. The topological polar surface area (TPSA) is 113 Å². The maximum Gasteiger partial charge on any atom is 0.233 e. The van der Waals surface area contributed by atoms with E-state index in [1.54, 1.807) is 18.8 Å². The number of nitrogens with zero attached hydrogens (tertiary/aromatic N) is 4. The van der Waals surface area contributed by atoms with Crippen LogP contribution in [-0.4, -0.2) is 58.0 Å². The summed E-state index contributed by atoms with van der Waals surface area (Å²) in [6.07, 6.45) is 1.42. The first-order chi connectivity index (χ1) is 13.9. The molecule has 2 N–H and O–H groups in total. The van der Waals surface area contributed by atoms with Crippen molar-refractivity contribution in [2.75, 3.05) is 26.5 Å². The van der Waals surface area contributed by atoms with Gasteiger partial charge in [-0.25, -0.2) is 0 Å². The lowest BCUT2D eigenvalue weighted by molar-refractivity contribution is -0.129. The molecule has 0 saturated carbocycles. The molecule has 1 aromatic carbocycles. The largest absolute Gasteiger partial charge is 0.493 e. The number of methoxy groups -OCH3 is 2. The van der Waals surface area contributed by atoms with Gasteiger partial charge in [0.05, 0.1) is 20.0 Å². The van der Waals surface area contributed by atoms with Gasteiger partial charge in [-0.15, -0.1) is 10.2 Å². The molecule has 0 bridgehead atoms. The van der Waals surface area contributed by atoms with Crippen LogP contribution in [0.25, 0.3) is 0 Å². The van der Waals surface area contributed by atoms with Crippen LogP contribution in [0.4, 0.5) is 0 Å². The van der Waals surface area contributed by atoms with Crippen molar-refractivity contribution < 1.29 is 19.1 Å². The lowest BCUT2D eigenvalue weighted by Crippen LogP contribution is -2.37. The number of aromatic nitrogens is 3. The Morgan fingerprint density at radius 2 is 1.86 bits per heavy atom. The van der Waals surface area contributed by atoms with Gasteiger partial charge in [-0.1, -0.05) is 11.8 Å². The molecule has 3 rings (SSSR count). The van der Waals surface area contributed by atoms with Crippen molar-refractivity contribution in [2.24, 2.45) is 12.8 Å². The van der Waals surface area contributed by atoms with Crippen LogP contribution in [0.15, 0.2) is 17.3 Å². The highest BCUT2D eigenvalue weighted by molar-refractivity contribution is 7.99. The van der Waals surface area contributed by atoms with Gasteiger partial charge < -0.3 is 24.7 Å². The fourth-order valence-electron chi connectivity index (χ4n) is 3.24. The van der Waals surface area contributed by atoms with Crippen LogP contribution in [-0.2, 0) is 36.0 Å². The molecule has 0 aliphatic carbocycles. The molecule has 9 nitrogen and oxygen atoms in total. The monoisotopic (exact) mass is 419 g/mol. The van der Waals surface area contributed by atoms with Gasteiger partial charge in [0.2, 0.25) is 11.8 Å². The van der Waals surface area contributed by atoms with Crippen molar-refractivity contribution in [1.29, 1.82) is 0 Å². The lowest BCUT2D eigenvalue weighted by Gasteiger charge is -2.29. The molecule has 2 amide bonds. The highest BCUT2D eigenvalue weighted by Crippen LogP contribution is 2.33. The van der Waals surface area contributed by atoms with Gasteiger partial charge in [0.15, 0.2) is 16.7 Å². The average molecular weight is 420 g/mol. The van der Waals surface area contributed by atoms with Crippen LogP contribution >= 0.6 is 11.8 Å². The molecular weight excluding hydrogens is 394 g/mol. The zero-order valence-electron chi connectivity index (χ0n) is 16.8. The molecule has 0 saturated heterocycles. The summed E-state index contributed by atoms with van der Waals surface area (Å²) in [6.45, 7) is 1.20. The first-order valence-electron chi connectivity index (χ1n) is 9.23. The third kappa shape index (κ3) is 4.81. The second-order valence-electron chi connectivity index (χ2n) is 6.75. The van der Waals surface area contributed by atoms with E-state index in [0.29, 0.717) is 42.0 Å². The number of carbonyl (C=O) groups is 2. The summed E-state index contributed by atoms with van der Waals surface area (Å²) in [7, 11) is 5.04. The summed E-state index contributed by atoms with van der Waals surface area (Å²) in [6, 6.07) is 3.92. The predicted molar refractivity (Wildman–Crippen MR) is 108 cm³/mol. The Morgan fingerprint density at radius 3 is 2.52 bits per heavy atom. The zero-order chi connectivity index (χ0) is 21.0. The van der Waals surface area contributed by atoms with Crippen LogP contribution in [0.3, 0.4) is 0 Å². The minimum Gasteiger partial charge on any atom is -0.493 e. The van der Waals surface area contributed by atoms with Gasteiger partial charge in [-0.2, -0.15) is 0 Å². The molecule has 0 atom stereocenters. The van der Waals surface area contributed by atoms with E-state index >= 15 is 0 Å². The predicted octanol–water partition coefficient (Wildman–Crippen LogP) is 0.927.